The second-order valence-corrected chi connectivity index (χ2v) is 5.60. The molecule has 0 aromatic carbocycles. The number of rotatable bonds is 5. The number of aliphatic hydroxyl groups excluding tert-OH is 1. The van der Waals surface area contributed by atoms with Crippen molar-refractivity contribution in [3.8, 4) is 5.75 Å². The molecule has 0 saturated carbocycles. The number of hydrogen-bond acceptors (Lipinski definition) is 5. The fourth-order valence-electron chi connectivity index (χ4n) is 2.74. The molecule has 2 saturated heterocycles. The molecule has 0 bridgehead atoms. The normalized spacial score (nSPS) is 26.1. The third-order valence-corrected chi connectivity index (χ3v) is 3.89. The van der Waals surface area contributed by atoms with Crippen molar-refractivity contribution in [3.05, 3.63) is 24.5 Å². The van der Waals surface area contributed by atoms with Crippen molar-refractivity contribution in [2.45, 2.75) is 12.5 Å². The molecule has 3 heterocycles. The van der Waals surface area contributed by atoms with Crippen LogP contribution in [0.25, 0.3) is 0 Å². The third kappa shape index (κ3) is 2.88. The second kappa shape index (κ2) is 5.45. The Morgan fingerprint density at radius 1 is 1.42 bits per heavy atom. The summed E-state index contributed by atoms with van der Waals surface area (Å²) >= 11 is 0. The van der Waals surface area contributed by atoms with Crippen LogP contribution in [0.3, 0.4) is 0 Å². The highest BCUT2D eigenvalue weighted by Crippen LogP contribution is 2.29. The van der Waals surface area contributed by atoms with Gasteiger partial charge in [-0.2, -0.15) is 0 Å². The average molecular weight is 264 g/mol. The van der Waals surface area contributed by atoms with Crippen molar-refractivity contribution in [1.29, 1.82) is 0 Å². The van der Waals surface area contributed by atoms with Crippen LogP contribution in [0, 0.1) is 5.41 Å². The number of nitrogens with zero attached hydrogens (tertiary/aromatic N) is 2. The first-order valence-corrected chi connectivity index (χ1v) is 6.77. The van der Waals surface area contributed by atoms with Gasteiger partial charge in [0.2, 0.25) is 0 Å². The average Bonchev–Trinajstić information content (AvgIpc) is 2.82. The van der Waals surface area contributed by atoms with E-state index in [0.29, 0.717) is 13.2 Å². The Morgan fingerprint density at radius 3 is 2.84 bits per heavy atom. The molecule has 1 aromatic rings. The third-order valence-electron chi connectivity index (χ3n) is 3.89. The lowest BCUT2D eigenvalue weighted by Gasteiger charge is -2.42. The van der Waals surface area contributed by atoms with Crippen LogP contribution < -0.4 is 4.74 Å². The van der Waals surface area contributed by atoms with Gasteiger partial charge in [0, 0.05) is 32.0 Å². The summed E-state index contributed by atoms with van der Waals surface area (Å²) in [6.07, 6.45) is 4.76. The highest BCUT2D eigenvalue weighted by Gasteiger charge is 2.41. The molecular weight excluding hydrogens is 244 g/mol. The molecule has 2 fully saturated rings. The van der Waals surface area contributed by atoms with Gasteiger partial charge in [-0.15, -0.1) is 0 Å². The zero-order valence-electron chi connectivity index (χ0n) is 11.0. The molecule has 1 aromatic heterocycles. The molecule has 2 aliphatic rings. The number of aliphatic hydroxyl groups is 1. The molecule has 1 atom stereocenters. The van der Waals surface area contributed by atoms with Gasteiger partial charge in [0.1, 0.15) is 11.9 Å². The summed E-state index contributed by atoms with van der Waals surface area (Å²) in [7, 11) is 0. The summed E-state index contributed by atoms with van der Waals surface area (Å²) < 4.78 is 11.2. The van der Waals surface area contributed by atoms with E-state index in [9.17, 15) is 5.11 Å². The molecule has 19 heavy (non-hydrogen) atoms. The zero-order valence-corrected chi connectivity index (χ0v) is 11.0. The fourth-order valence-corrected chi connectivity index (χ4v) is 2.74. The van der Waals surface area contributed by atoms with E-state index in [1.807, 2.05) is 12.1 Å². The quantitative estimate of drug-likeness (QED) is 0.841. The van der Waals surface area contributed by atoms with Gasteiger partial charge >= 0.3 is 0 Å². The number of pyridine rings is 1. The summed E-state index contributed by atoms with van der Waals surface area (Å²) in [6, 6.07) is 3.77. The maximum absolute atomic E-state index is 9.45. The van der Waals surface area contributed by atoms with Gasteiger partial charge in [-0.05, 0) is 18.6 Å². The van der Waals surface area contributed by atoms with Crippen LogP contribution in [0.5, 0.6) is 5.75 Å². The number of likely N-dealkylation sites (tertiary alicyclic amines) is 1. The summed E-state index contributed by atoms with van der Waals surface area (Å²) in [6.45, 7) is 4.41. The van der Waals surface area contributed by atoms with Crippen molar-refractivity contribution < 1.29 is 14.6 Å². The van der Waals surface area contributed by atoms with Crippen LogP contribution in [0.2, 0.25) is 0 Å². The van der Waals surface area contributed by atoms with Gasteiger partial charge in [0.05, 0.1) is 25.2 Å². The first kappa shape index (κ1) is 12.8. The zero-order chi connectivity index (χ0) is 13.1. The Balaban J connectivity index is 1.50. The molecule has 5 heteroatoms. The molecule has 5 nitrogen and oxygen atoms in total. The van der Waals surface area contributed by atoms with E-state index in [1.54, 1.807) is 12.4 Å². The van der Waals surface area contributed by atoms with Crippen LogP contribution in [-0.2, 0) is 4.74 Å². The van der Waals surface area contributed by atoms with Gasteiger partial charge in [-0.1, -0.05) is 0 Å². The standard InChI is InChI=1S/C14H20N2O3/c17-9-14(10-18-11-14)8-16-6-3-13(7-16)19-12-1-4-15-5-2-12/h1-2,4-5,13,17H,3,6-11H2/t13-/m1/s1. The van der Waals surface area contributed by atoms with Crippen molar-refractivity contribution in [1.82, 2.24) is 9.88 Å². The summed E-state index contributed by atoms with van der Waals surface area (Å²) in [4.78, 5) is 6.35. The van der Waals surface area contributed by atoms with E-state index in [-0.39, 0.29) is 18.1 Å². The summed E-state index contributed by atoms with van der Waals surface area (Å²) in [5.41, 5.74) is -0.0362. The second-order valence-electron chi connectivity index (χ2n) is 5.60. The smallest absolute Gasteiger partial charge is 0.122 e. The lowest BCUT2D eigenvalue weighted by molar-refractivity contribution is -0.147. The lowest BCUT2D eigenvalue weighted by atomic mass is 9.86. The highest BCUT2D eigenvalue weighted by molar-refractivity contribution is 5.17. The largest absolute Gasteiger partial charge is 0.489 e. The van der Waals surface area contributed by atoms with Crippen LogP contribution in [0.1, 0.15) is 6.42 Å². The molecule has 1 N–H and O–H groups in total. The van der Waals surface area contributed by atoms with Gasteiger partial charge in [0.15, 0.2) is 0 Å². The van der Waals surface area contributed by atoms with Crippen molar-refractivity contribution >= 4 is 0 Å². The van der Waals surface area contributed by atoms with Gasteiger partial charge in [-0.3, -0.25) is 9.88 Å². The van der Waals surface area contributed by atoms with Crippen LogP contribution in [0.4, 0.5) is 0 Å². The lowest BCUT2D eigenvalue weighted by Crippen LogP contribution is -2.53. The molecule has 0 amide bonds. The Morgan fingerprint density at radius 2 is 2.21 bits per heavy atom. The SMILES string of the molecule is OCC1(CN2CC[C@@H](Oc3ccncc3)C2)COC1. The van der Waals surface area contributed by atoms with E-state index < -0.39 is 0 Å². The van der Waals surface area contributed by atoms with Crippen molar-refractivity contribution in [3.63, 3.8) is 0 Å². The molecule has 0 unspecified atom stereocenters. The molecule has 0 spiro atoms. The van der Waals surface area contributed by atoms with E-state index in [4.69, 9.17) is 9.47 Å². The predicted molar refractivity (Wildman–Crippen MR) is 70.0 cm³/mol. The highest BCUT2D eigenvalue weighted by atomic mass is 16.5. The Kier molecular flexibility index (Phi) is 3.68. The Labute approximate surface area is 113 Å². The van der Waals surface area contributed by atoms with Crippen LogP contribution >= 0.6 is 0 Å². The maximum atomic E-state index is 9.45. The minimum atomic E-state index is -0.0362. The van der Waals surface area contributed by atoms with E-state index in [0.717, 1.165) is 31.8 Å². The van der Waals surface area contributed by atoms with Gasteiger partial charge in [0.25, 0.3) is 0 Å². The molecular formula is C14H20N2O3. The topological polar surface area (TPSA) is 54.8 Å². The summed E-state index contributed by atoms with van der Waals surface area (Å²) in [5.74, 6) is 0.880. The van der Waals surface area contributed by atoms with Gasteiger partial charge in [-0.25, -0.2) is 0 Å². The fraction of sp³-hybridized carbons (Fsp3) is 0.643. The summed E-state index contributed by atoms with van der Waals surface area (Å²) in [5, 5.41) is 9.45. The molecule has 0 aliphatic carbocycles. The molecule has 3 rings (SSSR count). The first-order chi connectivity index (χ1) is 9.30. The van der Waals surface area contributed by atoms with Gasteiger partial charge < -0.3 is 14.6 Å². The number of aromatic nitrogens is 1. The number of ether oxygens (including phenoxy) is 2. The molecule has 2 aliphatic heterocycles. The molecule has 104 valence electrons. The minimum absolute atomic E-state index is 0.0362. The van der Waals surface area contributed by atoms with Crippen LogP contribution in [-0.4, -0.2) is 60.5 Å². The molecule has 0 radical (unpaired) electrons. The van der Waals surface area contributed by atoms with E-state index >= 15 is 0 Å². The Bertz CT molecular complexity index is 403. The predicted octanol–water partition coefficient (Wildman–Crippen LogP) is 0.544. The van der Waals surface area contributed by atoms with E-state index in [1.165, 1.54) is 0 Å². The van der Waals surface area contributed by atoms with Crippen molar-refractivity contribution in [2.75, 3.05) is 39.5 Å². The van der Waals surface area contributed by atoms with E-state index in [2.05, 4.69) is 9.88 Å². The number of hydrogen-bond donors (Lipinski definition) is 1. The maximum Gasteiger partial charge on any atom is 0.122 e. The monoisotopic (exact) mass is 264 g/mol. The Hall–Kier alpha value is -1.17. The first-order valence-electron chi connectivity index (χ1n) is 6.77. The van der Waals surface area contributed by atoms with Crippen molar-refractivity contribution in [2.24, 2.45) is 5.41 Å². The van der Waals surface area contributed by atoms with Crippen LogP contribution in [0.15, 0.2) is 24.5 Å². The minimum Gasteiger partial charge on any atom is -0.489 e.